The van der Waals surface area contributed by atoms with E-state index in [1.54, 1.807) is 21.3 Å². The van der Waals surface area contributed by atoms with Crippen LogP contribution in [0, 0.1) is 0 Å². The summed E-state index contributed by atoms with van der Waals surface area (Å²) < 4.78 is 16.5. The zero-order valence-corrected chi connectivity index (χ0v) is 16.2. The largest absolute Gasteiger partial charge is 0.496 e. The second kappa shape index (κ2) is 9.48. The van der Waals surface area contributed by atoms with E-state index >= 15 is 0 Å². The first kappa shape index (κ1) is 20.1. The lowest BCUT2D eigenvalue weighted by molar-refractivity contribution is 0.0970. The van der Waals surface area contributed by atoms with Gasteiger partial charge in [-0.2, -0.15) is 0 Å². The summed E-state index contributed by atoms with van der Waals surface area (Å²) in [6, 6.07) is 4.58. The standard InChI is InChI=1S/C18H29N3O3.ClH/c1-22-15-10-17(23-2)16(18(11-15)24-3)13-20-6-8-21(9-7-20)14-4-5-19-12-14;/h10-11,14,19H,4-9,12-13H2,1-3H3;1H. The minimum absolute atomic E-state index is 0. The van der Waals surface area contributed by atoms with Crippen molar-refractivity contribution in [3.63, 3.8) is 0 Å². The molecule has 25 heavy (non-hydrogen) atoms. The van der Waals surface area contributed by atoms with Crippen molar-refractivity contribution < 1.29 is 14.2 Å². The summed E-state index contributed by atoms with van der Waals surface area (Å²) in [4.78, 5) is 5.10. The van der Waals surface area contributed by atoms with Crippen molar-refractivity contribution in [1.29, 1.82) is 0 Å². The summed E-state index contributed by atoms with van der Waals surface area (Å²) in [5.41, 5.74) is 1.09. The highest BCUT2D eigenvalue weighted by Crippen LogP contribution is 2.35. The highest BCUT2D eigenvalue weighted by atomic mass is 35.5. The van der Waals surface area contributed by atoms with Crippen LogP contribution in [0.1, 0.15) is 12.0 Å². The molecule has 1 aromatic rings. The zero-order valence-electron chi connectivity index (χ0n) is 15.4. The molecule has 2 aliphatic rings. The molecule has 1 unspecified atom stereocenters. The Bertz CT molecular complexity index is 519. The maximum atomic E-state index is 5.57. The molecular weight excluding hydrogens is 342 g/mol. The molecule has 0 amide bonds. The van der Waals surface area contributed by atoms with Crippen LogP contribution in [0.4, 0.5) is 0 Å². The maximum absolute atomic E-state index is 5.57. The number of hydrogen-bond donors (Lipinski definition) is 1. The van der Waals surface area contributed by atoms with Crippen LogP contribution in [0.15, 0.2) is 12.1 Å². The highest BCUT2D eigenvalue weighted by molar-refractivity contribution is 5.85. The van der Waals surface area contributed by atoms with Crippen LogP contribution in [0.25, 0.3) is 0 Å². The summed E-state index contributed by atoms with van der Waals surface area (Å²) in [5.74, 6) is 2.41. The monoisotopic (exact) mass is 371 g/mol. The number of nitrogens with one attached hydrogen (secondary N) is 1. The molecule has 6 nitrogen and oxygen atoms in total. The van der Waals surface area contributed by atoms with Crippen LogP contribution in [0.2, 0.25) is 0 Å². The molecule has 1 atom stereocenters. The summed E-state index contributed by atoms with van der Waals surface area (Å²) in [5, 5.41) is 3.46. The van der Waals surface area contributed by atoms with Gasteiger partial charge in [-0.3, -0.25) is 9.80 Å². The van der Waals surface area contributed by atoms with Gasteiger partial charge in [0.2, 0.25) is 0 Å². The third kappa shape index (κ3) is 4.70. The molecule has 2 heterocycles. The van der Waals surface area contributed by atoms with Gasteiger partial charge in [0.1, 0.15) is 17.2 Å². The molecule has 7 heteroatoms. The smallest absolute Gasteiger partial charge is 0.130 e. The van der Waals surface area contributed by atoms with Crippen molar-refractivity contribution in [2.75, 3.05) is 60.6 Å². The van der Waals surface area contributed by atoms with Crippen molar-refractivity contribution in [3.05, 3.63) is 17.7 Å². The number of piperazine rings is 1. The summed E-state index contributed by atoms with van der Waals surface area (Å²) in [7, 11) is 5.05. The number of ether oxygens (including phenoxy) is 3. The van der Waals surface area contributed by atoms with Gasteiger partial charge in [-0.05, 0) is 13.0 Å². The topological polar surface area (TPSA) is 46.2 Å². The molecule has 2 aliphatic heterocycles. The second-order valence-electron chi connectivity index (χ2n) is 6.47. The number of benzene rings is 1. The molecule has 0 bridgehead atoms. The Morgan fingerprint density at radius 1 is 1.00 bits per heavy atom. The van der Waals surface area contributed by atoms with Crippen LogP contribution in [0.5, 0.6) is 17.2 Å². The van der Waals surface area contributed by atoms with E-state index in [0.29, 0.717) is 0 Å². The van der Waals surface area contributed by atoms with Gasteiger partial charge in [0.15, 0.2) is 0 Å². The molecule has 0 radical (unpaired) electrons. The quantitative estimate of drug-likeness (QED) is 0.819. The van der Waals surface area contributed by atoms with Gasteiger partial charge in [-0.1, -0.05) is 0 Å². The van der Waals surface area contributed by atoms with E-state index in [2.05, 4.69) is 15.1 Å². The van der Waals surface area contributed by atoms with Crippen LogP contribution < -0.4 is 19.5 Å². The molecular formula is C18H30ClN3O3. The Kier molecular flexibility index (Phi) is 7.62. The van der Waals surface area contributed by atoms with Crippen molar-refractivity contribution in [2.24, 2.45) is 0 Å². The van der Waals surface area contributed by atoms with E-state index in [1.165, 1.54) is 6.42 Å². The van der Waals surface area contributed by atoms with Gasteiger partial charge in [-0.15, -0.1) is 12.4 Å². The predicted octanol–water partition coefficient (Wildman–Crippen LogP) is 1.61. The lowest BCUT2D eigenvalue weighted by atomic mass is 10.1. The minimum Gasteiger partial charge on any atom is -0.496 e. The molecule has 0 spiro atoms. The fourth-order valence-electron chi connectivity index (χ4n) is 3.69. The van der Waals surface area contributed by atoms with Crippen molar-refractivity contribution in [1.82, 2.24) is 15.1 Å². The maximum Gasteiger partial charge on any atom is 0.130 e. The van der Waals surface area contributed by atoms with E-state index in [-0.39, 0.29) is 12.4 Å². The van der Waals surface area contributed by atoms with Crippen LogP contribution >= 0.6 is 12.4 Å². The molecule has 1 aromatic carbocycles. The second-order valence-corrected chi connectivity index (χ2v) is 6.47. The molecule has 1 N–H and O–H groups in total. The first-order valence-electron chi connectivity index (χ1n) is 8.71. The van der Waals surface area contributed by atoms with E-state index in [1.807, 2.05) is 12.1 Å². The van der Waals surface area contributed by atoms with Gasteiger partial charge < -0.3 is 19.5 Å². The van der Waals surface area contributed by atoms with Crippen LogP contribution in [0.3, 0.4) is 0 Å². The highest BCUT2D eigenvalue weighted by Gasteiger charge is 2.27. The molecule has 0 saturated carbocycles. The normalized spacial score (nSPS) is 21.6. The molecule has 3 rings (SSSR count). The van der Waals surface area contributed by atoms with Gasteiger partial charge >= 0.3 is 0 Å². The molecule has 0 aliphatic carbocycles. The number of methoxy groups -OCH3 is 3. The van der Waals surface area contributed by atoms with Gasteiger partial charge in [0.05, 0.1) is 26.9 Å². The lowest BCUT2D eigenvalue weighted by Crippen LogP contribution is -2.50. The molecule has 142 valence electrons. The van der Waals surface area contributed by atoms with Crippen molar-refractivity contribution in [3.8, 4) is 17.2 Å². The summed E-state index contributed by atoms with van der Waals surface area (Å²) in [6.07, 6.45) is 1.28. The third-order valence-corrected chi connectivity index (χ3v) is 5.16. The van der Waals surface area contributed by atoms with Gasteiger partial charge in [0, 0.05) is 57.4 Å². The Morgan fingerprint density at radius 2 is 1.64 bits per heavy atom. The molecule has 2 saturated heterocycles. The minimum atomic E-state index is 0. The summed E-state index contributed by atoms with van der Waals surface area (Å²) >= 11 is 0. The summed E-state index contributed by atoms with van der Waals surface area (Å²) in [6.45, 7) is 7.56. The van der Waals surface area contributed by atoms with E-state index in [4.69, 9.17) is 14.2 Å². The average molecular weight is 372 g/mol. The van der Waals surface area contributed by atoms with E-state index in [0.717, 1.165) is 74.7 Å². The predicted molar refractivity (Wildman–Crippen MR) is 101 cm³/mol. The zero-order chi connectivity index (χ0) is 16.9. The van der Waals surface area contributed by atoms with Crippen LogP contribution in [-0.2, 0) is 6.54 Å². The Balaban J connectivity index is 0.00000225. The van der Waals surface area contributed by atoms with Gasteiger partial charge in [0.25, 0.3) is 0 Å². The average Bonchev–Trinajstić information content (AvgIpc) is 3.17. The van der Waals surface area contributed by atoms with Crippen molar-refractivity contribution >= 4 is 12.4 Å². The number of rotatable bonds is 6. The Morgan fingerprint density at radius 3 is 2.12 bits per heavy atom. The lowest BCUT2D eigenvalue weighted by Gasteiger charge is -2.38. The number of halogens is 1. The number of hydrogen-bond acceptors (Lipinski definition) is 6. The first-order chi connectivity index (χ1) is 11.7. The van der Waals surface area contributed by atoms with E-state index in [9.17, 15) is 0 Å². The number of nitrogens with zero attached hydrogens (tertiary/aromatic N) is 2. The first-order valence-corrected chi connectivity index (χ1v) is 8.71. The van der Waals surface area contributed by atoms with Gasteiger partial charge in [-0.25, -0.2) is 0 Å². The van der Waals surface area contributed by atoms with E-state index < -0.39 is 0 Å². The van der Waals surface area contributed by atoms with Crippen LogP contribution in [-0.4, -0.2) is 76.4 Å². The van der Waals surface area contributed by atoms with Crippen molar-refractivity contribution in [2.45, 2.75) is 19.0 Å². The molecule has 0 aromatic heterocycles. The Labute approximate surface area is 156 Å². The fourth-order valence-corrected chi connectivity index (χ4v) is 3.69. The Hall–Kier alpha value is -1.21. The molecule has 2 fully saturated rings. The third-order valence-electron chi connectivity index (χ3n) is 5.16. The fraction of sp³-hybridized carbons (Fsp3) is 0.667. The SMILES string of the molecule is COc1cc(OC)c(CN2CCN(C3CCNC3)CC2)c(OC)c1.Cl.